The average molecular weight is 447 g/mol. The van der Waals surface area contributed by atoms with Gasteiger partial charge in [0.2, 0.25) is 17.8 Å². The lowest BCUT2D eigenvalue weighted by Crippen LogP contribution is -2.28. The van der Waals surface area contributed by atoms with Crippen molar-refractivity contribution in [2.75, 3.05) is 28.6 Å². The fraction of sp³-hybridized carbons (Fsp3) is 0.444. The molecule has 0 amide bonds. The lowest BCUT2D eigenvalue weighted by atomic mass is 10.1. The van der Waals surface area contributed by atoms with Gasteiger partial charge in [0.25, 0.3) is 0 Å². The van der Waals surface area contributed by atoms with Crippen LogP contribution in [0.5, 0.6) is 0 Å². The van der Waals surface area contributed by atoms with Gasteiger partial charge in [0.05, 0.1) is 12.1 Å². The van der Waals surface area contributed by atoms with Crippen LogP contribution in [0.3, 0.4) is 0 Å². The number of nitrogens with zero attached hydrogens (tertiary/aromatic N) is 4. The van der Waals surface area contributed by atoms with Gasteiger partial charge in [-0.3, -0.25) is 0 Å². The van der Waals surface area contributed by atoms with Crippen molar-refractivity contribution in [1.29, 1.82) is 0 Å². The summed E-state index contributed by atoms with van der Waals surface area (Å²) in [5.74, 6) is 1.92. The van der Waals surface area contributed by atoms with Crippen LogP contribution in [0.1, 0.15) is 76.6 Å². The molecule has 2 aromatic carbocycles. The summed E-state index contributed by atoms with van der Waals surface area (Å²) in [6.45, 7) is 10.6. The van der Waals surface area contributed by atoms with Gasteiger partial charge in [-0.25, -0.2) is 0 Å². The van der Waals surface area contributed by atoms with Gasteiger partial charge in [0.1, 0.15) is 0 Å². The number of hydrogen-bond acceptors (Lipinski definition) is 6. The predicted molar refractivity (Wildman–Crippen MR) is 139 cm³/mol. The predicted octanol–water partition coefficient (Wildman–Crippen LogP) is 6.62. The summed E-state index contributed by atoms with van der Waals surface area (Å²) in [6.07, 6.45) is 4.50. The van der Waals surface area contributed by atoms with E-state index in [1.807, 2.05) is 12.1 Å². The van der Waals surface area contributed by atoms with Crippen LogP contribution in [0, 0.1) is 0 Å². The van der Waals surface area contributed by atoms with Gasteiger partial charge in [-0.1, -0.05) is 87.4 Å². The molecule has 0 aliphatic rings. The van der Waals surface area contributed by atoms with E-state index in [9.17, 15) is 0 Å². The maximum absolute atomic E-state index is 4.84. The molecule has 0 saturated heterocycles. The Hall–Kier alpha value is -3.15. The second-order valence-corrected chi connectivity index (χ2v) is 8.53. The van der Waals surface area contributed by atoms with Crippen molar-refractivity contribution in [2.45, 2.75) is 65.5 Å². The van der Waals surface area contributed by atoms with Crippen molar-refractivity contribution < 1.29 is 0 Å². The van der Waals surface area contributed by atoms with Crippen molar-refractivity contribution in [3.8, 4) is 0 Å². The van der Waals surface area contributed by atoms with Gasteiger partial charge in [-0.15, -0.1) is 0 Å². The molecule has 6 heteroatoms. The Morgan fingerprint density at radius 1 is 0.667 bits per heavy atom. The van der Waals surface area contributed by atoms with E-state index in [-0.39, 0.29) is 12.1 Å². The molecule has 0 saturated carbocycles. The maximum Gasteiger partial charge on any atom is 0.231 e. The highest BCUT2D eigenvalue weighted by Crippen LogP contribution is 2.23. The van der Waals surface area contributed by atoms with Crippen molar-refractivity contribution in [1.82, 2.24) is 15.0 Å². The number of aromatic nitrogens is 3. The first-order valence-electron chi connectivity index (χ1n) is 12.2. The van der Waals surface area contributed by atoms with Crippen LogP contribution in [0.2, 0.25) is 0 Å². The van der Waals surface area contributed by atoms with E-state index in [1.165, 1.54) is 11.1 Å². The quantitative estimate of drug-likeness (QED) is 0.307. The third-order valence-corrected chi connectivity index (χ3v) is 5.76. The number of benzene rings is 2. The largest absolute Gasteiger partial charge is 0.348 e. The Labute approximate surface area is 198 Å². The molecule has 33 heavy (non-hydrogen) atoms. The fourth-order valence-electron chi connectivity index (χ4n) is 3.68. The van der Waals surface area contributed by atoms with E-state index in [2.05, 4.69) is 91.8 Å². The molecule has 0 aliphatic heterocycles. The minimum absolute atomic E-state index is 0.0839. The number of nitrogens with one attached hydrogen (secondary N) is 2. The first-order chi connectivity index (χ1) is 16.1. The third-order valence-electron chi connectivity index (χ3n) is 5.76. The van der Waals surface area contributed by atoms with Gasteiger partial charge in [-0.2, -0.15) is 15.0 Å². The number of unbranched alkanes of at least 4 members (excludes halogenated alkanes) is 2. The normalized spacial score (nSPS) is 12.7. The van der Waals surface area contributed by atoms with Gasteiger partial charge in [-0.05, 0) is 37.8 Å². The lowest BCUT2D eigenvalue weighted by molar-refractivity contribution is 0.660. The minimum Gasteiger partial charge on any atom is -0.348 e. The zero-order valence-electron chi connectivity index (χ0n) is 20.5. The Kier molecular flexibility index (Phi) is 9.48. The van der Waals surface area contributed by atoms with Crippen molar-refractivity contribution in [3.05, 3.63) is 71.8 Å². The summed E-state index contributed by atoms with van der Waals surface area (Å²) in [5, 5.41) is 6.98. The Bertz CT molecular complexity index is 874. The number of anilines is 3. The van der Waals surface area contributed by atoms with Crippen LogP contribution in [-0.4, -0.2) is 28.0 Å². The molecule has 0 bridgehead atoms. The maximum atomic E-state index is 4.84. The molecule has 3 rings (SSSR count). The van der Waals surface area contributed by atoms with E-state index < -0.39 is 0 Å². The van der Waals surface area contributed by atoms with Crippen LogP contribution in [0.25, 0.3) is 0 Å². The zero-order valence-corrected chi connectivity index (χ0v) is 20.5. The first-order valence-corrected chi connectivity index (χ1v) is 12.2. The van der Waals surface area contributed by atoms with Crippen LogP contribution < -0.4 is 15.5 Å². The average Bonchev–Trinajstić information content (AvgIpc) is 2.85. The molecule has 176 valence electrons. The highest BCUT2D eigenvalue weighted by Gasteiger charge is 2.16. The molecule has 1 aromatic heterocycles. The SMILES string of the molecule is CCCCN(CCCC)c1nc(N[C@H](C)c2ccccc2)nc(N[C@H](C)c2ccccc2)n1. The highest BCUT2D eigenvalue weighted by molar-refractivity contribution is 5.46. The first kappa shape index (κ1) is 24.5. The lowest BCUT2D eigenvalue weighted by Gasteiger charge is -2.24. The van der Waals surface area contributed by atoms with Gasteiger partial charge >= 0.3 is 0 Å². The van der Waals surface area contributed by atoms with E-state index in [1.54, 1.807) is 0 Å². The van der Waals surface area contributed by atoms with Crippen molar-refractivity contribution in [2.24, 2.45) is 0 Å². The van der Waals surface area contributed by atoms with Crippen LogP contribution in [0.15, 0.2) is 60.7 Å². The van der Waals surface area contributed by atoms with Crippen LogP contribution >= 0.6 is 0 Å². The second kappa shape index (κ2) is 12.8. The van der Waals surface area contributed by atoms with Crippen LogP contribution in [0.4, 0.5) is 17.8 Å². The second-order valence-electron chi connectivity index (χ2n) is 8.53. The minimum atomic E-state index is 0.0839. The van der Waals surface area contributed by atoms with Crippen molar-refractivity contribution >= 4 is 17.8 Å². The summed E-state index contributed by atoms with van der Waals surface area (Å²) < 4.78 is 0. The standard InChI is InChI=1S/C27H38N6/c1-5-7-19-33(20-8-6-2)27-31-25(28-21(3)23-15-11-9-12-16-23)30-26(32-27)29-22(4)24-17-13-10-14-18-24/h9-18,21-22H,5-8,19-20H2,1-4H3,(H2,28,29,30,31,32)/t21-,22-/m1/s1. The van der Waals surface area contributed by atoms with E-state index in [4.69, 9.17) is 15.0 Å². The van der Waals surface area contributed by atoms with Gasteiger partial charge in [0.15, 0.2) is 0 Å². The third kappa shape index (κ3) is 7.45. The summed E-state index contributed by atoms with van der Waals surface area (Å²) in [6, 6.07) is 20.9. The molecule has 0 unspecified atom stereocenters. The van der Waals surface area contributed by atoms with E-state index in [0.29, 0.717) is 11.9 Å². The van der Waals surface area contributed by atoms with Gasteiger partial charge in [0, 0.05) is 13.1 Å². The molecule has 0 spiro atoms. The van der Waals surface area contributed by atoms with Crippen LogP contribution in [-0.2, 0) is 0 Å². The Morgan fingerprint density at radius 2 is 1.09 bits per heavy atom. The Morgan fingerprint density at radius 3 is 1.48 bits per heavy atom. The molecule has 3 aromatic rings. The molecule has 6 nitrogen and oxygen atoms in total. The number of rotatable bonds is 13. The summed E-state index contributed by atoms with van der Waals surface area (Å²) in [5.41, 5.74) is 2.39. The molecule has 0 fully saturated rings. The van der Waals surface area contributed by atoms with Gasteiger partial charge < -0.3 is 15.5 Å². The molecule has 0 aliphatic carbocycles. The van der Waals surface area contributed by atoms with E-state index >= 15 is 0 Å². The molecule has 2 atom stereocenters. The zero-order chi connectivity index (χ0) is 23.5. The Balaban J connectivity index is 1.89. The van der Waals surface area contributed by atoms with Crippen molar-refractivity contribution in [3.63, 3.8) is 0 Å². The molecule has 1 heterocycles. The molecule has 0 radical (unpaired) electrons. The number of hydrogen-bond donors (Lipinski definition) is 2. The summed E-state index contributed by atoms with van der Waals surface area (Å²) in [4.78, 5) is 16.7. The fourth-order valence-corrected chi connectivity index (χ4v) is 3.68. The topological polar surface area (TPSA) is 66.0 Å². The molecular formula is C27H38N6. The summed E-state index contributed by atoms with van der Waals surface area (Å²) in [7, 11) is 0. The molecule has 2 N–H and O–H groups in total. The molecular weight excluding hydrogens is 408 g/mol. The van der Waals surface area contributed by atoms with E-state index in [0.717, 1.165) is 44.7 Å². The highest BCUT2D eigenvalue weighted by atomic mass is 15.3. The summed E-state index contributed by atoms with van der Waals surface area (Å²) >= 11 is 0. The smallest absolute Gasteiger partial charge is 0.231 e. The monoisotopic (exact) mass is 446 g/mol.